The molecular weight excluding hydrogens is 496 g/mol. The predicted octanol–water partition coefficient (Wildman–Crippen LogP) is 7.79. The summed E-state index contributed by atoms with van der Waals surface area (Å²) < 4.78 is 15.6. The Hall–Kier alpha value is -1.31. The van der Waals surface area contributed by atoms with Crippen LogP contribution in [0.5, 0.6) is 0 Å². The number of halogens is 1. The molecule has 1 aromatic carbocycles. The van der Waals surface area contributed by atoms with Gasteiger partial charge in [-0.1, -0.05) is 43.6 Å². The van der Waals surface area contributed by atoms with Crippen molar-refractivity contribution in [3.63, 3.8) is 0 Å². The third-order valence-corrected chi connectivity index (χ3v) is 7.88. The summed E-state index contributed by atoms with van der Waals surface area (Å²) >= 11 is 3.70. The summed E-state index contributed by atoms with van der Waals surface area (Å²) in [5.74, 6) is 0.430. The predicted molar refractivity (Wildman–Crippen MR) is 143 cm³/mol. The van der Waals surface area contributed by atoms with E-state index in [1.54, 1.807) is 0 Å². The molecule has 0 aliphatic rings. The number of alkyl carbamates (subject to hydrolysis) is 1. The molecule has 1 aromatic heterocycles. The quantitative estimate of drug-likeness (QED) is 0.349. The Balaban J connectivity index is 2.59. The third kappa shape index (κ3) is 6.86. The molecule has 1 amide bonds. The number of benzene rings is 1. The van der Waals surface area contributed by atoms with Gasteiger partial charge in [-0.2, -0.15) is 0 Å². The van der Waals surface area contributed by atoms with E-state index >= 15 is 0 Å². The molecule has 1 N–H and O–H groups in total. The first-order chi connectivity index (χ1) is 15.0. The second-order valence-corrected chi connectivity index (χ2v) is 14.1. The number of ether oxygens (including phenoxy) is 1. The van der Waals surface area contributed by atoms with E-state index in [9.17, 15) is 4.79 Å². The van der Waals surface area contributed by atoms with E-state index < -0.39 is 20.7 Å². The zero-order valence-electron chi connectivity index (χ0n) is 22.2. The second kappa shape index (κ2) is 10.5. The standard InChI is InChI=1S/C26H42BrN2O3Si/c1-16(2)26(8,9)23(32-33(10)11)22-14-19-13-20(27)17(3)12-21(19)29(22)18(4)15-28-24(30)31-25(5,6)7/h12-14,16,18,23H,15H2,1-11H3,(H,28,30)/t18-,23?/m1/s1. The van der Waals surface area contributed by atoms with E-state index in [0.29, 0.717) is 12.5 Å². The van der Waals surface area contributed by atoms with Gasteiger partial charge in [0.15, 0.2) is 0 Å². The van der Waals surface area contributed by atoms with Crippen LogP contribution in [0.3, 0.4) is 0 Å². The fraction of sp³-hybridized carbons (Fsp3) is 0.654. The maximum Gasteiger partial charge on any atom is 0.407 e. The van der Waals surface area contributed by atoms with Crippen LogP contribution < -0.4 is 5.32 Å². The van der Waals surface area contributed by atoms with Gasteiger partial charge in [0.2, 0.25) is 9.04 Å². The summed E-state index contributed by atoms with van der Waals surface area (Å²) in [4.78, 5) is 12.3. The van der Waals surface area contributed by atoms with Gasteiger partial charge in [-0.25, -0.2) is 4.79 Å². The Morgan fingerprint density at radius 2 is 1.73 bits per heavy atom. The molecule has 2 rings (SSSR count). The van der Waals surface area contributed by atoms with Crippen LogP contribution in [0, 0.1) is 18.3 Å². The van der Waals surface area contributed by atoms with Crippen molar-refractivity contribution in [2.45, 2.75) is 93.2 Å². The molecule has 2 atom stereocenters. The number of nitrogens with one attached hydrogen (secondary N) is 1. The van der Waals surface area contributed by atoms with Crippen molar-refractivity contribution in [1.82, 2.24) is 9.88 Å². The molecule has 0 aliphatic carbocycles. The van der Waals surface area contributed by atoms with Crippen LogP contribution in [0.2, 0.25) is 13.1 Å². The molecule has 0 spiro atoms. The fourth-order valence-electron chi connectivity index (χ4n) is 3.84. The van der Waals surface area contributed by atoms with E-state index in [1.165, 1.54) is 10.9 Å². The summed E-state index contributed by atoms with van der Waals surface area (Å²) in [6, 6.07) is 6.69. The first kappa shape index (κ1) is 27.9. The molecule has 0 saturated carbocycles. The minimum absolute atomic E-state index is 0.0176. The molecule has 1 heterocycles. The van der Waals surface area contributed by atoms with Crippen LogP contribution in [0.25, 0.3) is 10.9 Å². The highest BCUT2D eigenvalue weighted by Gasteiger charge is 2.38. The minimum Gasteiger partial charge on any atom is -0.444 e. The van der Waals surface area contributed by atoms with Gasteiger partial charge in [0, 0.05) is 33.7 Å². The molecule has 1 radical (unpaired) electrons. The number of aryl methyl sites for hydroxylation is 1. The van der Waals surface area contributed by atoms with Crippen molar-refractivity contribution in [1.29, 1.82) is 0 Å². The Kier molecular flexibility index (Phi) is 8.91. The van der Waals surface area contributed by atoms with Gasteiger partial charge in [-0.3, -0.25) is 0 Å². The van der Waals surface area contributed by atoms with Crippen LogP contribution >= 0.6 is 15.9 Å². The number of hydrogen-bond donors (Lipinski definition) is 1. The highest BCUT2D eigenvalue weighted by Crippen LogP contribution is 2.45. The lowest BCUT2D eigenvalue weighted by molar-refractivity contribution is 0.0288. The lowest BCUT2D eigenvalue weighted by Crippen LogP contribution is -2.37. The van der Waals surface area contributed by atoms with E-state index in [-0.39, 0.29) is 17.6 Å². The molecule has 0 fully saturated rings. The maximum absolute atomic E-state index is 12.3. The molecule has 0 bridgehead atoms. The minimum atomic E-state index is -0.948. The highest BCUT2D eigenvalue weighted by atomic mass is 79.9. The average Bonchev–Trinajstić information content (AvgIpc) is 3.00. The number of carbonyl (C=O) groups excluding carboxylic acids is 1. The molecule has 0 saturated heterocycles. The van der Waals surface area contributed by atoms with Gasteiger partial charge in [-0.15, -0.1) is 0 Å². The Morgan fingerprint density at radius 3 is 2.24 bits per heavy atom. The van der Waals surface area contributed by atoms with Crippen molar-refractivity contribution in [2.24, 2.45) is 11.3 Å². The van der Waals surface area contributed by atoms with Gasteiger partial charge in [0.1, 0.15) is 5.60 Å². The summed E-state index contributed by atoms with van der Waals surface area (Å²) in [6.45, 7) is 23.8. The normalized spacial score (nSPS) is 14.7. The van der Waals surface area contributed by atoms with Gasteiger partial charge < -0.3 is 19.0 Å². The number of hydrogen-bond acceptors (Lipinski definition) is 3. The summed E-state index contributed by atoms with van der Waals surface area (Å²) in [6.07, 6.45) is -0.453. The molecule has 5 nitrogen and oxygen atoms in total. The Bertz CT molecular complexity index is 976. The maximum atomic E-state index is 12.3. The number of carbonyl (C=O) groups is 1. The van der Waals surface area contributed by atoms with Crippen molar-refractivity contribution in [3.05, 3.63) is 33.9 Å². The van der Waals surface area contributed by atoms with Gasteiger partial charge in [0.25, 0.3) is 0 Å². The van der Waals surface area contributed by atoms with E-state index in [0.717, 1.165) is 15.7 Å². The second-order valence-electron chi connectivity index (χ2n) is 11.2. The lowest BCUT2D eigenvalue weighted by atomic mass is 9.75. The van der Waals surface area contributed by atoms with Gasteiger partial charge >= 0.3 is 6.09 Å². The van der Waals surface area contributed by atoms with Crippen LogP contribution in [-0.4, -0.2) is 31.8 Å². The largest absolute Gasteiger partial charge is 0.444 e. The van der Waals surface area contributed by atoms with Crippen molar-refractivity contribution in [2.75, 3.05) is 6.54 Å². The van der Waals surface area contributed by atoms with Crippen molar-refractivity contribution >= 4 is 42.0 Å². The van der Waals surface area contributed by atoms with Gasteiger partial charge in [-0.05, 0) is 82.8 Å². The molecule has 7 heteroatoms. The number of fused-ring (bicyclic) bond motifs is 1. The third-order valence-electron chi connectivity index (χ3n) is 6.32. The molecule has 1 unspecified atom stereocenters. The van der Waals surface area contributed by atoms with Crippen molar-refractivity contribution < 1.29 is 14.0 Å². The molecule has 185 valence electrons. The molecule has 0 aliphatic heterocycles. The smallest absolute Gasteiger partial charge is 0.407 e. The number of aromatic nitrogens is 1. The average molecular weight is 539 g/mol. The number of nitrogens with zero attached hydrogens (tertiary/aromatic N) is 1. The summed E-state index contributed by atoms with van der Waals surface area (Å²) in [5, 5.41) is 4.13. The fourth-order valence-corrected chi connectivity index (χ4v) is 5.09. The van der Waals surface area contributed by atoms with E-state index in [2.05, 4.69) is 98.6 Å². The topological polar surface area (TPSA) is 52.5 Å². The van der Waals surface area contributed by atoms with Gasteiger partial charge in [0.05, 0.1) is 6.10 Å². The zero-order valence-corrected chi connectivity index (χ0v) is 24.8. The number of rotatable bonds is 8. The first-order valence-corrected chi connectivity index (χ1v) is 15.0. The SMILES string of the molecule is Cc1cc2c(cc1Br)cc(C(O[Si](C)C)C(C)(C)C(C)C)n2[C@H](C)CNC(=O)OC(C)(C)C. The van der Waals surface area contributed by atoms with E-state index in [1.807, 2.05) is 20.8 Å². The van der Waals surface area contributed by atoms with Crippen LogP contribution in [0.4, 0.5) is 4.79 Å². The zero-order chi connectivity index (χ0) is 25.3. The summed E-state index contributed by atoms with van der Waals surface area (Å²) in [7, 11) is -0.948. The van der Waals surface area contributed by atoms with Crippen LogP contribution in [0.15, 0.2) is 22.7 Å². The first-order valence-electron chi connectivity index (χ1n) is 11.8. The summed E-state index contributed by atoms with van der Waals surface area (Å²) in [5.41, 5.74) is 2.89. The lowest BCUT2D eigenvalue weighted by Gasteiger charge is -2.40. The van der Waals surface area contributed by atoms with Crippen LogP contribution in [0.1, 0.15) is 78.8 Å². The molecule has 33 heavy (non-hydrogen) atoms. The Morgan fingerprint density at radius 1 is 1.12 bits per heavy atom. The molecule has 2 aromatic rings. The van der Waals surface area contributed by atoms with Crippen molar-refractivity contribution in [3.8, 4) is 0 Å². The number of amides is 1. The Labute approximate surface area is 210 Å². The highest BCUT2D eigenvalue weighted by molar-refractivity contribution is 9.10. The molecular formula is C26H42BrN2O3Si. The van der Waals surface area contributed by atoms with Crippen LogP contribution in [-0.2, 0) is 9.16 Å². The monoisotopic (exact) mass is 537 g/mol. The van der Waals surface area contributed by atoms with E-state index in [4.69, 9.17) is 9.16 Å².